The Bertz CT molecular complexity index is 1270. The second-order valence-corrected chi connectivity index (χ2v) is 12.3. The number of nitrogens with one attached hydrogen (secondary N) is 1. The molecule has 2 saturated heterocycles. The summed E-state index contributed by atoms with van der Waals surface area (Å²) >= 11 is 0. The first-order valence-corrected chi connectivity index (χ1v) is 15.3. The number of fused-ring (bicyclic) bond motifs is 2. The van der Waals surface area contributed by atoms with Gasteiger partial charge in [-0.15, -0.1) is 0 Å². The minimum absolute atomic E-state index is 0.108. The van der Waals surface area contributed by atoms with Crippen LogP contribution in [0.3, 0.4) is 0 Å². The monoisotopic (exact) mass is 602 g/mol. The van der Waals surface area contributed by atoms with Gasteiger partial charge in [0, 0.05) is 36.7 Å². The second-order valence-electron chi connectivity index (χ2n) is 12.3. The molecule has 7 nitrogen and oxygen atoms in total. The first-order chi connectivity index (χ1) is 20.7. The number of amides is 1. The van der Waals surface area contributed by atoms with Gasteiger partial charge in [0.1, 0.15) is 5.75 Å². The fourth-order valence-corrected chi connectivity index (χ4v) is 7.77. The highest BCUT2D eigenvalue weighted by molar-refractivity contribution is 5.82. The van der Waals surface area contributed by atoms with Crippen LogP contribution in [0, 0.1) is 11.8 Å². The summed E-state index contributed by atoms with van der Waals surface area (Å²) in [5.74, 6) is -0.499. The molecule has 234 valence electrons. The second kappa shape index (κ2) is 13.3. The molecular formula is C33H41F3N2O5. The quantitative estimate of drug-likeness (QED) is 0.469. The van der Waals surface area contributed by atoms with E-state index in [-0.39, 0.29) is 11.3 Å². The van der Waals surface area contributed by atoms with E-state index in [0.717, 1.165) is 43.8 Å². The minimum Gasteiger partial charge on any atom is -0.496 e. The van der Waals surface area contributed by atoms with Crippen LogP contribution in [0.25, 0.3) is 0 Å². The van der Waals surface area contributed by atoms with Gasteiger partial charge in [0.05, 0.1) is 26.2 Å². The Morgan fingerprint density at radius 3 is 2.44 bits per heavy atom. The third-order valence-corrected chi connectivity index (χ3v) is 9.88. The van der Waals surface area contributed by atoms with Crippen LogP contribution < -0.4 is 10.1 Å². The van der Waals surface area contributed by atoms with Crippen LogP contribution in [0.4, 0.5) is 13.2 Å². The van der Waals surface area contributed by atoms with Crippen molar-refractivity contribution in [2.45, 2.75) is 75.1 Å². The van der Waals surface area contributed by atoms with Gasteiger partial charge in [0.2, 0.25) is 5.91 Å². The predicted molar refractivity (Wildman–Crippen MR) is 155 cm³/mol. The van der Waals surface area contributed by atoms with Crippen LogP contribution in [0.1, 0.15) is 67.6 Å². The van der Waals surface area contributed by atoms with E-state index in [4.69, 9.17) is 19.4 Å². The summed E-state index contributed by atoms with van der Waals surface area (Å²) < 4.78 is 43.6. The number of aliphatic carboxylic acids is 1. The molecule has 4 atom stereocenters. The van der Waals surface area contributed by atoms with Crippen LogP contribution in [0.15, 0.2) is 48.5 Å². The summed E-state index contributed by atoms with van der Waals surface area (Å²) in [6.45, 7) is 3.49. The van der Waals surface area contributed by atoms with Crippen molar-refractivity contribution in [3.8, 4) is 5.75 Å². The lowest BCUT2D eigenvalue weighted by Gasteiger charge is -2.48. The molecule has 0 radical (unpaired) electrons. The average Bonchev–Trinajstić information content (AvgIpc) is 3.44. The van der Waals surface area contributed by atoms with Crippen molar-refractivity contribution in [1.29, 1.82) is 0 Å². The number of piperidine rings is 1. The number of ether oxygens (including phenoxy) is 2. The molecule has 1 spiro atoms. The Morgan fingerprint density at radius 1 is 1.05 bits per heavy atom. The number of carboxylic acid groups (broad SMARTS) is 1. The predicted octanol–water partition coefficient (Wildman–Crippen LogP) is 5.67. The summed E-state index contributed by atoms with van der Waals surface area (Å²) in [5, 5.41) is 10.7. The highest BCUT2D eigenvalue weighted by atomic mass is 19.4. The number of likely N-dealkylation sites (tertiary alicyclic amines) is 1. The first kappa shape index (κ1) is 31.3. The zero-order chi connectivity index (χ0) is 30.6. The largest absolute Gasteiger partial charge is 0.496 e. The molecule has 0 unspecified atom stereocenters. The highest BCUT2D eigenvalue weighted by Crippen LogP contribution is 2.46. The van der Waals surface area contributed by atoms with E-state index in [1.165, 1.54) is 43.2 Å². The first-order valence-electron chi connectivity index (χ1n) is 15.3. The average molecular weight is 603 g/mol. The van der Waals surface area contributed by atoms with Gasteiger partial charge < -0.3 is 24.8 Å². The van der Waals surface area contributed by atoms with E-state index in [1.54, 1.807) is 7.11 Å². The molecule has 3 aliphatic heterocycles. The standard InChI is InChI=1S/C31H40N2O3.C2HF3O2/c1-35-29-14-8-13-26-25(29)19-36-21-31(26)20-32-18-27(31)30(34)33-16-15-24(22-9-4-2-5-10-22)17-28(33)23-11-6-3-7-12-23;3-2(4,5)1(6)7/h2,4-5,8-10,13-14,23-24,27-28,32H,3,6-7,11-12,15-21H2,1H3;(H,6,7)/t24-,27+,28+,31-;/m1./s1. The maximum absolute atomic E-state index is 14.5. The summed E-state index contributed by atoms with van der Waals surface area (Å²) in [5.41, 5.74) is 3.46. The molecule has 43 heavy (non-hydrogen) atoms. The van der Waals surface area contributed by atoms with Crippen LogP contribution in [0.2, 0.25) is 0 Å². The molecule has 0 aromatic heterocycles. The highest BCUT2D eigenvalue weighted by Gasteiger charge is 2.53. The summed E-state index contributed by atoms with van der Waals surface area (Å²) in [6, 6.07) is 17.6. The van der Waals surface area contributed by atoms with E-state index in [9.17, 15) is 18.0 Å². The summed E-state index contributed by atoms with van der Waals surface area (Å²) in [4.78, 5) is 25.8. The molecule has 3 heterocycles. The van der Waals surface area contributed by atoms with E-state index in [0.29, 0.717) is 37.0 Å². The third-order valence-electron chi connectivity index (χ3n) is 9.88. The van der Waals surface area contributed by atoms with Gasteiger partial charge in [-0.3, -0.25) is 4.79 Å². The Morgan fingerprint density at radius 2 is 1.77 bits per heavy atom. The summed E-state index contributed by atoms with van der Waals surface area (Å²) in [6.07, 6.45) is 3.51. The normalized spacial score (nSPS) is 27.6. The number of methoxy groups -OCH3 is 1. The van der Waals surface area contributed by atoms with Crippen LogP contribution >= 0.6 is 0 Å². The Hall–Kier alpha value is -3.11. The van der Waals surface area contributed by atoms with E-state index < -0.39 is 12.1 Å². The SMILES string of the molecule is COc1cccc2c1COC[C@]21CNC[C@H]1C(=O)N1CC[C@@H](c2ccccc2)C[C@H]1C1CCCCC1.O=C(O)C(F)(F)F. The van der Waals surface area contributed by atoms with Gasteiger partial charge in [-0.1, -0.05) is 61.7 Å². The van der Waals surface area contributed by atoms with Gasteiger partial charge in [0.25, 0.3) is 0 Å². The molecule has 2 aromatic carbocycles. The molecule has 2 aromatic rings. The number of carboxylic acids is 1. The van der Waals surface area contributed by atoms with Crippen LogP contribution in [-0.2, 0) is 26.3 Å². The van der Waals surface area contributed by atoms with Gasteiger partial charge in [-0.2, -0.15) is 13.2 Å². The summed E-state index contributed by atoms with van der Waals surface area (Å²) in [7, 11) is 1.72. The van der Waals surface area contributed by atoms with E-state index in [2.05, 4.69) is 52.7 Å². The van der Waals surface area contributed by atoms with Crippen molar-refractivity contribution < 1.29 is 37.3 Å². The maximum atomic E-state index is 14.5. The molecule has 10 heteroatoms. The maximum Gasteiger partial charge on any atom is 0.490 e. The molecule has 0 bridgehead atoms. The van der Waals surface area contributed by atoms with Gasteiger partial charge in [-0.25, -0.2) is 4.79 Å². The molecule has 6 rings (SSSR count). The van der Waals surface area contributed by atoms with Crippen LogP contribution in [0.5, 0.6) is 5.75 Å². The van der Waals surface area contributed by atoms with Crippen molar-refractivity contribution in [2.75, 3.05) is 33.4 Å². The van der Waals surface area contributed by atoms with E-state index >= 15 is 0 Å². The number of benzene rings is 2. The van der Waals surface area contributed by atoms with Gasteiger partial charge in [0.15, 0.2) is 0 Å². The Balaban J connectivity index is 0.000000472. The lowest BCUT2D eigenvalue weighted by Crippen LogP contribution is -2.56. The number of carbonyl (C=O) groups is 2. The topological polar surface area (TPSA) is 88.1 Å². The number of halogens is 3. The molecule has 3 fully saturated rings. The fourth-order valence-electron chi connectivity index (χ4n) is 7.77. The van der Waals surface area contributed by atoms with Crippen LogP contribution in [-0.4, -0.2) is 67.5 Å². The van der Waals surface area contributed by atoms with Crippen molar-refractivity contribution >= 4 is 11.9 Å². The Kier molecular flexibility index (Phi) is 9.66. The van der Waals surface area contributed by atoms with Crippen molar-refractivity contribution in [3.05, 3.63) is 65.2 Å². The van der Waals surface area contributed by atoms with E-state index in [1.807, 2.05) is 6.07 Å². The zero-order valence-corrected chi connectivity index (χ0v) is 24.6. The van der Waals surface area contributed by atoms with Crippen molar-refractivity contribution in [2.24, 2.45) is 11.8 Å². The minimum atomic E-state index is -5.08. The van der Waals surface area contributed by atoms with Crippen molar-refractivity contribution in [1.82, 2.24) is 10.2 Å². The smallest absolute Gasteiger partial charge is 0.490 e. The number of nitrogens with zero attached hydrogens (tertiary/aromatic N) is 1. The van der Waals surface area contributed by atoms with Gasteiger partial charge in [-0.05, 0) is 54.7 Å². The fraction of sp³-hybridized carbons (Fsp3) is 0.576. The number of hydrogen-bond acceptors (Lipinski definition) is 5. The molecule has 1 aliphatic carbocycles. The molecule has 1 amide bonds. The zero-order valence-electron chi connectivity index (χ0n) is 24.6. The Labute approximate surface area is 250 Å². The number of carbonyl (C=O) groups excluding carboxylic acids is 1. The van der Waals surface area contributed by atoms with Gasteiger partial charge >= 0.3 is 12.1 Å². The van der Waals surface area contributed by atoms with Crippen molar-refractivity contribution in [3.63, 3.8) is 0 Å². The molecule has 4 aliphatic rings. The molecule has 2 N–H and O–H groups in total. The number of hydrogen-bond donors (Lipinski definition) is 2. The number of alkyl halides is 3. The third kappa shape index (κ3) is 6.55. The number of rotatable bonds is 4. The molecule has 1 saturated carbocycles. The lowest BCUT2D eigenvalue weighted by molar-refractivity contribution is -0.192. The molecular weight excluding hydrogens is 561 g/mol. The lowest BCUT2D eigenvalue weighted by atomic mass is 9.68.